The molecule has 1 atom stereocenters. The fourth-order valence-electron chi connectivity index (χ4n) is 2.15. The van der Waals surface area contributed by atoms with Crippen LogP contribution >= 0.6 is 11.3 Å². The average Bonchev–Trinajstić information content (AvgIpc) is 2.99. The molecule has 1 unspecified atom stereocenters. The number of hydrogen-bond acceptors (Lipinski definition) is 4. The van der Waals surface area contributed by atoms with Crippen LogP contribution in [-0.2, 0) is 11.2 Å². The second-order valence-electron chi connectivity index (χ2n) is 4.53. The summed E-state index contributed by atoms with van der Waals surface area (Å²) in [6.07, 6.45) is 0.430. The van der Waals surface area contributed by atoms with Crippen molar-refractivity contribution in [2.75, 3.05) is 13.7 Å². The van der Waals surface area contributed by atoms with Crippen LogP contribution in [0.4, 0.5) is 0 Å². The maximum Gasteiger partial charge on any atom is 0.312 e. The number of rotatable bonds is 7. The highest BCUT2D eigenvalue weighted by atomic mass is 32.1. The van der Waals surface area contributed by atoms with E-state index in [1.54, 1.807) is 7.11 Å². The zero-order valence-electron chi connectivity index (χ0n) is 12.0. The molecular formula is C16H18O4S. The van der Waals surface area contributed by atoms with Crippen LogP contribution in [0.15, 0.2) is 35.7 Å². The van der Waals surface area contributed by atoms with Crippen molar-refractivity contribution < 1.29 is 19.4 Å². The number of carboxylic acids is 1. The van der Waals surface area contributed by atoms with E-state index in [4.69, 9.17) is 9.47 Å². The number of carbonyl (C=O) groups is 1. The number of ether oxygens (including phenoxy) is 2. The summed E-state index contributed by atoms with van der Waals surface area (Å²) < 4.78 is 10.8. The topological polar surface area (TPSA) is 55.8 Å². The number of carboxylic acid groups (broad SMARTS) is 1. The van der Waals surface area contributed by atoms with Crippen molar-refractivity contribution in [3.05, 3.63) is 46.2 Å². The van der Waals surface area contributed by atoms with Gasteiger partial charge in [-0.1, -0.05) is 12.1 Å². The third-order valence-electron chi connectivity index (χ3n) is 3.15. The molecule has 0 spiro atoms. The molecule has 1 N–H and O–H groups in total. The zero-order chi connectivity index (χ0) is 15.2. The normalized spacial score (nSPS) is 11.9. The van der Waals surface area contributed by atoms with Crippen LogP contribution in [0.1, 0.15) is 23.3 Å². The summed E-state index contributed by atoms with van der Waals surface area (Å²) in [7, 11) is 1.59. The molecule has 5 heteroatoms. The molecule has 1 aromatic heterocycles. The Labute approximate surface area is 128 Å². The molecule has 2 rings (SSSR count). The third kappa shape index (κ3) is 3.76. The Morgan fingerprint density at radius 2 is 2.14 bits per heavy atom. The van der Waals surface area contributed by atoms with E-state index >= 15 is 0 Å². The van der Waals surface area contributed by atoms with E-state index in [1.807, 2.05) is 42.6 Å². The summed E-state index contributed by atoms with van der Waals surface area (Å²) in [5, 5.41) is 11.3. The molecule has 0 saturated carbocycles. The average molecular weight is 306 g/mol. The zero-order valence-corrected chi connectivity index (χ0v) is 12.9. The van der Waals surface area contributed by atoms with Gasteiger partial charge in [0.15, 0.2) is 11.5 Å². The highest BCUT2D eigenvalue weighted by Crippen LogP contribution is 2.31. The first-order chi connectivity index (χ1) is 10.2. The lowest BCUT2D eigenvalue weighted by Gasteiger charge is -2.14. The summed E-state index contributed by atoms with van der Waals surface area (Å²) in [4.78, 5) is 12.3. The standard InChI is InChI=1S/C16H18O4S/c1-3-20-14-10-11(6-7-13(14)19-2)9-12(16(17)18)15-5-4-8-21-15/h4-8,10,12H,3,9H2,1-2H3,(H,17,18). The van der Waals surface area contributed by atoms with E-state index < -0.39 is 11.9 Å². The first-order valence-corrected chi connectivity index (χ1v) is 7.59. The van der Waals surface area contributed by atoms with Crippen LogP contribution in [0.2, 0.25) is 0 Å². The Morgan fingerprint density at radius 1 is 1.33 bits per heavy atom. The fraction of sp³-hybridized carbons (Fsp3) is 0.312. The van der Waals surface area contributed by atoms with Gasteiger partial charge in [-0.25, -0.2) is 0 Å². The van der Waals surface area contributed by atoms with Gasteiger partial charge in [-0.15, -0.1) is 11.3 Å². The summed E-state index contributed by atoms with van der Waals surface area (Å²) in [6.45, 7) is 2.44. The van der Waals surface area contributed by atoms with Crippen LogP contribution in [-0.4, -0.2) is 24.8 Å². The number of benzene rings is 1. The van der Waals surface area contributed by atoms with Crippen LogP contribution in [0.5, 0.6) is 11.5 Å². The first-order valence-electron chi connectivity index (χ1n) is 6.71. The molecule has 0 aliphatic rings. The van der Waals surface area contributed by atoms with Gasteiger partial charge in [-0.3, -0.25) is 4.79 Å². The number of aliphatic carboxylic acids is 1. The van der Waals surface area contributed by atoms with Gasteiger partial charge in [-0.2, -0.15) is 0 Å². The minimum absolute atomic E-state index is 0.430. The fourth-order valence-corrected chi connectivity index (χ4v) is 2.97. The smallest absolute Gasteiger partial charge is 0.312 e. The van der Waals surface area contributed by atoms with Crippen LogP contribution in [0.25, 0.3) is 0 Å². The predicted octanol–water partition coefficient (Wildman–Crippen LogP) is 3.57. The van der Waals surface area contributed by atoms with Crippen molar-refractivity contribution in [2.24, 2.45) is 0 Å². The van der Waals surface area contributed by atoms with Gasteiger partial charge in [0, 0.05) is 4.88 Å². The molecule has 0 amide bonds. The SMILES string of the molecule is CCOc1cc(CC(C(=O)O)c2cccs2)ccc1OC. The van der Waals surface area contributed by atoms with Crippen molar-refractivity contribution >= 4 is 17.3 Å². The van der Waals surface area contributed by atoms with E-state index in [2.05, 4.69) is 0 Å². The highest BCUT2D eigenvalue weighted by molar-refractivity contribution is 7.10. The van der Waals surface area contributed by atoms with E-state index in [-0.39, 0.29) is 0 Å². The van der Waals surface area contributed by atoms with Gasteiger partial charge < -0.3 is 14.6 Å². The summed E-state index contributed by atoms with van der Waals surface area (Å²) in [6, 6.07) is 9.27. The molecule has 2 aromatic rings. The van der Waals surface area contributed by atoms with E-state index in [0.717, 1.165) is 10.4 Å². The Bertz CT molecular complexity index is 592. The molecule has 112 valence electrons. The van der Waals surface area contributed by atoms with Crippen LogP contribution in [0.3, 0.4) is 0 Å². The van der Waals surface area contributed by atoms with Crippen molar-refractivity contribution in [1.82, 2.24) is 0 Å². The molecule has 0 fully saturated rings. The highest BCUT2D eigenvalue weighted by Gasteiger charge is 2.22. The van der Waals surface area contributed by atoms with Gasteiger partial charge in [0.05, 0.1) is 19.6 Å². The molecule has 0 bridgehead atoms. The molecule has 21 heavy (non-hydrogen) atoms. The van der Waals surface area contributed by atoms with Gasteiger partial charge in [0.25, 0.3) is 0 Å². The second-order valence-corrected chi connectivity index (χ2v) is 5.51. The van der Waals surface area contributed by atoms with Crippen molar-refractivity contribution in [2.45, 2.75) is 19.3 Å². The minimum atomic E-state index is -0.814. The third-order valence-corrected chi connectivity index (χ3v) is 4.14. The summed E-state index contributed by atoms with van der Waals surface area (Å²) in [5.74, 6) is -0.0458. The van der Waals surface area contributed by atoms with Crippen molar-refractivity contribution in [3.8, 4) is 11.5 Å². The Balaban J connectivity index is 2.25. The van der Waals surface area contributed by atoms with Gasteiger partial charge >= 0.3 is 5.97 Å². The summed E-state index contributed by atoms with van der Waals surface area (Å²) >= 11 is 1.46. The largest absolute Gasteiger partial charge is 0.493 e. The minimum Gasteiger partial charge on any atom is -0.493 e. The van der Waals surface area contributed by atoms with Gasteiger partial charge in [0.1, 0.15) is 0 Å². The predicted molar refractivity (Wildman–Crippen MR) is 82.6 cm³/mol. The lowest BCUT2D eigenvalue weighted by atomic mass is 9.97. The Morgan fingerprint density at radius 3 is 2.71 bits per heavy atom. The van der Waals surface area contributed by atoms with Crippen molar-refractivity contribution in [3.63, 3.8) is 0 Å². The molecule has 0 aliphatic heterocycles. The molecule has 0 saturated heterocycles. The lowest BCUT2D eigenvalue weighted by Crippen LogP contribution is -2.13. The number of methoxy groups -OCH3 is 1. The van der Waals surface area contributed by atoms with E-state index in [9.17, 15) is 9.90 Å². The Kier molecular flexibility index (Phi) is 5.22. The van der Waals surface area contributed by atoms with Crippen LogP contribution in [0, 0.1) is 0 Å². The quantitative estimate of drug-likeness (QED) is 0.849. The monoisotopic (exact) mass is 306 g/mol. The first kappa shape index (κ1) is 15.4. The van der Waals surface area contributed by atoms with E-state index in [1.165, 1.54) is 11.3 Å². The second kappa shape index (κ2) is 7.13. The molecule has 0 aliphatic carbocycles. The summed E-state index contributed by atoms with van der Waals surface area (Å²) in [5.41, 5.74) is 0.917. The number of thiophene rings is 1. The van der Waals surface area contributed by atoms with E-state index in [0.29, 0.717) is 24.5 Å². The number of hydrogen-bond donors (Lipinski definition) is 1. The maximum absolute atomic E-state index is 11.5. The molecule has 1 heterocycles. The molecule has 0 radical (unpaired) electrons. The maximum atomic E-state index is 11.5. The Hall–Kier alpha value is -2.01. The molecule has 1 aromatic carbocycles. The lowest BCUT2D eigenvalue weighted by molar-refractivity contribution is -0.138. The molecule has 4 nitrogen and oxygen atoms in total. The van der Waals surface area contributed by atoms with Crippen molar-refractivity contribution in [1.29, 1.82) is 0 Å². The van der Waals surface area contributed by atoms with Gasteiger partial charge in [-0.05, 0) is 42.5 Å². The van der Waals surface area contributed by atoms with Gasteiger partial charge in [0.2, 0.25) is 0 Å². The van der Waals surface area contributed by atoms with Crippen LogP contribution < -0.4 is 9.47 Å². The molecular weight excluding hydrogens is 288 g/mol.